The van der Waals surface area contributed by atoms with Crippen LogP contribution < -0.4 is 4.74 Å². The van der Waals surface area contributed by atoms with Crippen LogP contribution in [0.3, 0.4) is 0 Å². The summed E-state index contributed by atoms with van der Waals surface area (Å²) in [5.41, 5.74) is 2.38. The number of nitrogens with zero attached hydrogens (tertiary/aromatic N) is 1. The molecule has 0 aliphatic carbocycles. The minimum Gasteiger partial charge on any atom is -0.497 e. The third-order valence-corrected chi connectivity index (χ3v) is 7.30. The van der Waals surface area contributed by atoms with Gasteiger partial charge in [-0.2, -0.15) is 0 Å². The van der Waals surface area contributed by atoms with Crippen molar-refractivity contribution >= 4 is 35.6 Å². The minimum atomic E-state index is -0.705. The van der Waals surface area contributed by atoms with Gasteiger partial charge >= 0.3 is 17.9 Å². The summed E-state index contributed by atoms with van der Waals surface area (Å²) in [5.74, 6) is -0.938. The number of carbonyl (C=O) groups is 4. The monoisotopic (exact) mass is 541 g/mol. The van der Waals surface area contributed by atoms with E-state index in [0.717, 1.165) is 5.56 Å². The molecule has 38 heavy (non-hydrogen) atoms. The second kappa shape index (κ2) is 12.1. The van der Waals surface area contributed by atoms with Gasteiger partial charge in [0.2, 0.25) is 0 Å². The number of hydrogen-bond donors (Lipinski definition) is 0. The van der Waals surface area contributed by atoms with Gasteiger partial charge in [-0.1, -0.05) is 24.3 Å². The zero-order valence-electron chi connectivity index (χ0n) is 21.1. The largest absolute Gasteiger partial charge is 0.497 e. The van der Waals surface area contributed by atoms with Crippen LogP contribution >= 0.6 is 11.8 Å². The molecule has 1 saturated heterocycles. The van der Waals surface area contributed by atoms with E-state index in [-0.39, 0.29) is 36.8 Å². The normalized spacial score (nSPS) is 18.3. The number of amides is 1. The molecule has 200 valence electrons. The van der Waals surface area contributed by atoms with Gasteiger partial charge < -0.3 is 23.7 Å². The number of methoxy groups -OCH3 is 2. The number of ether oxygens (including phenoxy) is 5. The average molecular weight is 542 g/mol. The highest BCUT2D eigenvalue weighted by Gasteiger charge is 2.54. The van der Waals surface area contributed by atoms with E-state index in [1.54, 1.807) is 43.5 Å². The van der Waals surface area contributed by atoms with Crippen molar-refractivity contribution in [2.24, 2.45) is 0 Å². The van der Waals surface area contributed by atoms with Gasteiger partial charge in [0.1, 0.15) is 36.6 Å². The predicted molar refractivity (Wildman–Crippen MR) is 136 cm³/mol. The van der Waals surface area contributed by atoms with E-state index in [4.69, 9.17) is 23.7 Å². The summed E-state index contributed by atoms with van der Waals surface area (Å²) in [6, 6.07) is 13.7. The number of rotatable bonds is 10. The molecule has 0 radical (unpaired) electrons. The molecule has 0 aromatic heterocycles. The first-order chi connectivity index (χ1) is 18.3. The predicted octanol–water partition coefficient (Wildman–Crippen LogP) is 2.84. The van der Waals surface area contributed by atoms with Crippen LogP contribution in [0.2, 0.25) is 0 Å². The van der Waals surface area contributed by atoms with Gasteiger partial charge in [0.15, 0.2) is 6.10 Å². The molecular formula is C27H27NO9S. The van der Waals surface area contributed by atoms with Crippen molar-refractivity contribution in [1.82, 2.24) is 4.90 Å². The molecular weight excluding hydrogens is 514 g/mol. The molecule has 2 aliphatic heterocycles. The van der Waals surface area contributed by atoms with Gasteiger partial charge in [0.25, 0.3) is 5.91 Å². The zero-order chi connectivity index (χ0) is 27.2. The summed E-state index contributed by atoms with van der Waals surface area (Å²) >= 11 is 1.43. The zero-order valence-corrected chi connectivity index (χ0v) is 21.9. The van der Waals surface area contributed by atoms with E-state index in [1.165, 1.54) is 30.7 Å². The van der Waals surface area contributed by atoms with Crippen molar-refractivity contribution in [3.63, 3.8) is 0 Å². The van der Waals surface area contributed by atoms with Crippen molar-refractivity contribution in [2.75, 3.05) is 26.6 Å². The lowest BCUT2D eigenvalue weighted by Crippen LogP contribution is -2.65. The van der Waals surface area contributed by atoms with Crippen molar-refractivity contribution in [2.45, 2.75) is 31.6 Å². The van der Waals surface area contributed by atoms with Crippen molar-refractivity contribution in [1.29, 1.82) is 0 Å². The number of fused-ring (bicyclic) bond motifs is 1. The Morgan fingerprint density at radius 2 is 1.47 bits per heavy atom. The van der Waals surface area contributed by atoms with Crippen LogP contribution in [0, 0.1) is 0 Å². The minimum absolute atomic E-state index is 0.0760. The lowest BCUT2D eigenvalue weighted by Gasteiger charge is -2.48. The molecule has 1 unspecified atom stereocenters. The molecule has 1 amide bonds. The van der Waals surface area contributed by atoms with Gasteiger partial charge in [0.05, 0.1) is 12.7 Å². The van der Waals surface area contributed by atoms with Crippen LogP contribution in [0.1, 0.15) is 28.4 Å². The highest BCUT2D eigenvalue weighted by molar-refractivity contribution is 8.00. The summed E-state index contributed by atoms with van der Waals surface area (Å²) < 4.78 is 26.3. The summed E-state index contributed by atoms with van der Waals surface area (Å²) in [6.07, 6.45) is -0.643. The highest BCUT2D eigenvalue weighted by Crippen LogP contribution is 2.41. The average Bonchev–Trinajstić information content (AvgIpc) is 2.93. The molecule has 2 aliphatic rings. The van der Waals surface area contributed by atoms with E-state index in [9.17, 15) is 19.2 Å². The third kappa shape index (κ3) is 6.00. The first kappa shape index (κ1) is 27.2. The standard InChI is InChI=1S/C27H27NO9S/c1-16(29)35-14-20-15-38-25-23(34-3)24(30)28(25)22(20)27(32)37-13-17-4-8-19(9-5-17)26(31)36-12-18-6-10-21(33-2)11-7-18/h4-11,23,25H,12-15H2,1-3H3/t23-,25?/m0/s1. The Kier molecular flexibility index (Phi) is 8.70. The molecule has 0 saturated carbocycles. The van der Waals surface area contributed by atoms with E-state index in [1.807, 2.05) is 12.1 Å². The van der Waals surface area contributed by atoms with Gasteiger partial charge in [0, 0.05) is 25.4 Å². The molecule has 4 rings (SSSR count). The second-order valence-electron chi connectivity index (χ2n) is 8.50. The van der Waals surface area contributed by atoms with Crippen LogP contribution in [-0.4, -0.2) is 66.8 Å². The number of benzene rings is 2. The fraction of sp³-hybridized carbons (Fsp3) is 0.333. The van der Waals surface area contributed by atoms with E-state index in [0.29, 0.717) is 28.2 Å². The van der Waals surface area contributed by atoms with Crippen molar-refractivity contribution in [3.05, 3.63) is 76.5 Å². The summed E-state index contributed by atoms with van der Waals surface area (Å²) in [5, 5.41) is -0.348. The van der Waals surface area contributed by atoms with Crippen LogP contribution in [0.25, 0.3) is 0 Å². The summed E-state index contributed by atoms with van der Waals surface area (Å²) in [4.78, 5) is 50.7. The number of esters is 3. The van der Waals surface area contributed by atoms with Gasteiger partial charge in [-0.05, 0) is 35.4 Å². The number of carbonyl (C=O) groups excluding carboxylic acids is 4. The Labute approximate surface area is 223 Å². The van der Waals surface area contributed by atoms with Gasteiger partial charge in [-0.25, -0.2) is 9.59 Å². The lowest BCUT2D eigenvalue weighted by atomic mass is 10.1. The number of hydrogen-bond acceptors (Lipinski definition) is 10. The Bertz CT molecular complexity index is 1240. The van der Waals surface area contributed by atoms with Crippen molar-refractivity contribution < 1.29 is 42.9 Å². The maximum atomic E-state index is 13.0. The molecule has 2 heterocycles. The lowest BCUT2D eigenvalue weighted by molar-refractivity contribution is -0.163. The molecule has 11 heteroatoms. The molecule has 2 atom stereocenters. The fourth-order valence-electron chi connectivity index (χ4n) is 3.93. The maximum absolute atomic E-state index is 13.0. The van der Waals surface area contributed by atoms with E-state index < -0.39 is 24.0 Å². The second-order valence-corrected chi connectivity index (χ2v) is 9.60. The first-order valence-corrected chi connectivity index (χ1v) is 12.8. The molecule has 1 fully saturated rings. The smallest absolute Gasteiger partial charge is 0.355 e. The third-order valence-electron chi connectivity index (χ3n) is 5.98. The van der Waals surface area contributed by atoms with Crippen LogP contribution in [0.5, 0.6) is 5.75 Å². The molecule has 0 spiro atoms. The van der Waals surface area contributed by atoms with Crippen LogP contribution in [-0.2, 0) is 46.5 Å². The maximum Gasteiger partial charge on any atom is 0.355 e. The molecule has 10 nitrogen and oxygen atoms in total. The molecule has 2 aromatic carbocycles. The van der Waals surface area contributed by atoms with E-state index >= 15 is 0 Å². The number of β-lactam (4-membered cyclic amide) rings is 1. The first-order valence-electron chi connectivity index (χ1n) is 11.7. The molecule has 0 bridgehead atoms. The Hall–Kier alpha value is -3.83. The Morgan fingerprint density at radius 3 is 2.05 bits per heavy atom. The van der Waals surface area contributed by atoms with Gasteiger partial charge in [-0.3, -0.25) is 14.5 Å². The van der Waals surface area contributed by atoms with Gasteiger partial charge in [-0.15, -0.1) is 11.8 Å². The number of thioether (sulfide) groups is 1. The quantitative estimate of drug-likeness (QED) is 0.252. The topological polar surface area (TPSA) is 118 Å². The van der Waals surface area contributed by atoms with Crippen LogP contribution in [0.4, 0.5) is 0 Å². The summed E-state index contributed by atoms with van der Waals surface area (Å²) in [7, 11) is 3.02. The fourth-order valence-corrected chi connectivity index (χ4v) is 5.28. The highest BCUT2D eigenvalue weighted by atomic mass is 32.2. The Morgan fingerprint density at radius 1 is 0.868 bits per heavy atom. The van der Waals surface area contributed by atoms with Crippen LogP contribution in [0.15, 0.2) is 59.8 Å². The van der Waals surface area contributed by atoms with E-state index in [2.05, 4.69) is 0 Å². The Balaban J connectivity index is 1.36. The molecule has 2 aromatic rings. The SMILES string of the molecule is COc1ccc(COC(=O)c2ccc(COC(=O)C3=C(COC(C)=O)CSC4[C@@H](OC)C(=O)N34)cc2)cc1. The summed E-state index contributed by atoms with van der Waals surface area (Å²) in [6.45, 7) is 1.18. The molecule has 0 N–H and O–H groups in total. The van der Waals surface area contributed by atoms with Crippen molar-refractivity contribution in [3.8, 4) is 5.75 Å².